The number of carbonyl (C=O) groups excluding carboxylic acids is 1. The molecular weight excluding hydrogens is 284 g/mol. The zero-order valence-electron chi connectivity index (χ0n) is 11.6. The third-order valence-corrected chi connectivity index (χ3v) is 3.60. The Bertz CT molecular complexity index is 683. The summed E-state index contributed by atoms with van der Waals surface area (Å²) in [5, 5.41) is 16.1. The highest BCUT2D eigenvalue weighted by Crippen LogP contribution is 2.14. The van der Waals surface area contributed by atoms with E-state index in [2.05, 4.69) is 22.5 Å². The Balaban J connectivity index is 1.85. The number of urea groups is 1. The Morgan fingerprint density at radius 3 is 3.00 bits per heavy atom. The molecule has 0 aliphatic rings. The molecule has 3 N–H and O–H groups in total. The van der Waals surface area contributed by atoms with Crippen LogP contribution in [0.3, 0.4) is 0 Å². The molecule has 2 amide bonds. The number of aliphatic hydroxyl groups excluding tert-OH is 1. The van der Waals surface area contributed by atoms with Gasteiger partial charge in [0.15, 0.2) is 0 Å². The molecule has 0 saturated carbocycles. The fourth-order valence-corrected chi connectivity index (χ4v) is 2.50. The highest BCUT2D eigenvalue weighted by Gasteiger charge is 2.03. The molecule has 0 spiro atoms. The quantitative estimate of drug-likeness (QED) is 0.763. The van der Waals surface area contributed by atoms with Gasteiger partial charge in [-0.25, -0.2) is 4.79 Å². The predicted octanol–water partition coefficient (Wildman–Crippen LogP) is 2.72. The van der Waals surface area contributed by atoms with Crippen molar-refractivity contribution in [2.24, 2.45) is 0 Å². The molecule has 0 fully saturated rings. The summed E-state index contributed by atoms with van der Waals surface area (Å²) < 4.78 is 0. The van der Waals surface area contributed by atoms with Crippen molar-refractivity contribution in [2.75, 3.05) is 11.9 Å². The van der Waals surface area contributed by atoms with E-state index in [1.54, 1.807) is 0 Å². The lowest BCUT2D eigenvalue weighted by Crippen LogP contribution is -2.27. The number of anilines is 1. The van der Waals surface area contributed by atoms with Crippen LogP contribution in [0.15, 0.2) is 35.7 Å². The van der Waals surface area contributed by atoms with Crippen LogP contribution >= 0.6 is 11.3 Å². The van der Waals surface area contributed by atoms with Gasteiger partial charge in [-0.3, -0.25) is 0 Å². The number of aliphatic hydroxyl groups is 1. The van der Waals surface area contributed by atoms with E-state index in [1.165, 1.54) is 11.3 Å². The van der Waals surface area contributed by atoms with Gasteiger partial charge >= 0.3 is 6.03 Å². The molecule has 0 bridgehead atoms. The van der Waals surface area contributed by atoms with Gasteiger partial charge in [-0.15, -0.1) is 11.3 Å². The number of aryl methyl sites for hydroxylation is 1. The van der Waals surface area contributed by atoms with Crippen molar-refractivity contribution in [3.05, 3.63) is 51.7 Å². The van der Waals surface area contributed by atoms with Crippen LogP contribution < -0.4 is 10.6 Å². The van der Waals surface area contributed by atoms with Crippen molar-refractivity contribution in [3.63, 3.8) is 0 Å². The lowest BCUT2D eigenvalue weighted by atomic mass is 10.2. The van der Waals surface area contributed by atoms with Gasteiger partial charge in [0, 0.05) is 21.5 Å². The summed E-state index contributed by atoms with van der Waals surface area (Å²) in [5.41, 5.74) is 2.72. The van der Waals surface area contributed by atoms with E-state index in [1.807, 2.05) is 42.6 Å². The molecule has 4 nitrogen and oxygen atoms in total. The van der Waals surface area contributed by atoms with Crippen LogP contribution in [0.25, 0.3) is 0 Å². The maximum absolute atomic E-state index is 11.8. The lowest BCUT2D eigenvalue weighted by Gasteiger charge is -2.07. The molecule has 0 aliphatic carbocycles. The van der Waals surface area contributed by atoms with E-state index in [-0.39, 0.29) is 12.6 Å². The molecule has 2 rings (SSSR count). The second-order valence-electron chi connectivity index (χ2n) is 4.44. The maximum Gasteiger partial charge on any atom is 0.319 e. The van der Waals surface area contributed by atoms with Crippen LogP contribution in [0.5, 0.6) is 0 Å². The van der Waals surface area contributed by atoms with Gasteiger partial charge in [0.1, 0.15) is 6.61 Å². The lowest BCUT2D eigenvalue weighted by molar-refractivity contribution is 0.252. The van der Waals surface area contributed by atoms with Crippen LogP contribution in [0.4, 0.5) is 10.5 Å². The molecule has 1 heterocycles. The highest BCUT2D eigenvalue weighted by molar-refractivity contribution is 7.10. The van der Waals surface area contributed by atoms with Crippen molar-refractivity contribution in [2.45, 2.75) is 13.5 Å². The summed E-state index contributed by atoms with van der Waals surface area (Å²) >= 11 is 1.52. The molecule has 0 atom stereocenters. The van der Waals surface area contributed by atoms with Gasteiger partial charge < -0.3 is 15.7 Å². The minimum Gasteiger partial charge on any atom is -0.384 e. The largest absolute Gasteiger partial charge is 0.384 e. The van der Waals surface area contributed by atoms with E-state index in [9.17, 15) is 4.79 Å². The van der Waals surface area contributed by atoms with Crippen molar-refractivity contribution >= 4 is 23.1 Å². The summed E-state index contributed by atoms with van der Waals surface area (Å²) in [6, 6.07) is 9.30. The number of rotatable bonds is 3. The molecule has 0 aliphatic heterocycles. The highest BCUT2D eigenvalue weighted by atomic mass is 32.1. The summed E-state index contributed by atoms with van der Waals surface area (Å²) in [5.74, 6) is 5.42. The topological polar surface area (TPSA) is 61.4 Å². The van der Waals surface area contributed by atoms with E-state index >= 15 is 0 Å². The van der Waals surface area contributed by atoms with Crippen LogP contribution in [0.2, 0.25) is 0 Å². The first-order valence-electron chi connectivity index (χ1n) is 6.46. The van der Waals surface area contributed by atoms with E-state index in [4.69, 9.17) is 5.11 Å². The number of nitrogens with one attached hydrogen (secondary N) is 2. The molecule has 108 valence electrons. The molecular formula is C16H16N2O2S. The smallest absolute Gasteiger partial charge is 0.319 e. The summed E-state index contributed by atoms with van der Waals surface area (Å²) in [7, 11) is 0. The van der Waals surface area contributed by atoms with Crippen LogP contribution in [0, 0.1) is 18.8 Å². The van der Waals surface area contributed by atoms with Crippen molar-refractivity contribution < 1.29 is 9.90 Å². The Labute approximate surface area is 127 Å². The molecule has 0 unspecified atom stereocenters. The second-order valence-corrected chi connectivity index (χ2v) is 5.43. The second kappa shape index (κ2) is 7.48. The Morgan fingerprint density at radius 1 is 1.38 bits per heavy atom. The number of amides is 2. The Morgan fingerprint density at radius 2 is 2.24 bits per heavy atom. The molecule has 5 heteroatoms. The molecule has 2 aromatic rings. The van der Waals surface area contributed by atoms with Gasteiger partial charge in [-0.2, -0.15) is 0 Å². The minimum atomic E-state index is -0.239. The average molecular weight is 300 g/mol. The monoisotopic (exact) mass is 300 g/mol. The van der Waals surface area contributed by atoms with Gasteiger partial charge in [0.2, 0.25) is 0 Å². The Kier molecular flexibility index (Phi) is 5.38. The third-order valence-electron chi connectivity index (χ3n) is 2.66. The summed E-state index contributed by atoms with van der Waals surface area (Å²) in [6.45, 7) is 2.27. The van der Waals surface area contributed by atoms with E-state index in [0.717, 1.165) is 21.7 Å². The van der Waals surface area contributed by atoms with Gasteiger partial charge in [0.05, 0.1) is 6.54 Å². The van der Waals surface area contributed by atoms with Crippen LogP contribution in [-0.4, -0.2) is 17.7 Å². The fraction of sp³-hybridized carbons (Fsp3) is 0.188. The molecule has 1 aromatic carbocycles. The zero-order valence-corrected chi connectivity index (χ0v) is 12.5. The summed E-state index contributed by atoms with van der Waals surface area (Å²) in [6.07, 6.45) is 0. The number of thiophene rings is 1. The SMILES string of the molecule is Cc1cccc(NC(=O)NCc2cc(C#CCO)cs2)c1. The first-order valence-corrected chi connectivity index (χ1v) is 7.34. The van der Waals surface area contributed by atoms with Gasteiger partial charge in [-0.1, -0.05) is 24.0 Å². The molecule has 21 heavy (non-hydrogen) atoms. The standard InChI is InChI=1S/C16H16N2O2S/c1-12-4-2-6-14(8-12)18-16(20)17-10-15-9-13(11-21-15)5-3-7-19/h2,4,6,8-9,11,19H,7,10H2,1H3,(H2,17,18,20). The minimum absolute atomic E-state index is 0.150. The zero-order chi connectivity index (χ0) is 15.1. The van der Waals surface area contributed by atoms with Gasteiger partial charge in [-0.05, 0) is 30.7 Å². The van der Waals surface area contributed by atoms with E-state index < -0.39 is 0 Å². The Hall–Kier alpha value is -2.29. The predicted molar refractivity (Wildman–Crippen MR) is 85.3 cm³/mol. The van der Waals surface area contributed by atoms with Crippen molar-refractivity contribution in [3.8, 4) is 11.8 Å². The number of hydrogen-bond acceptors (Lipinski definition) is 3. The third kappa shape index (κ3) is 4.95. The van der Waals surface area contributed by atoms with E-state index in [0.29, 0.717) is 6.54 Å². The molecule has 1 aromatic heterocycles. The molecule has 0 radical (unpaired) electrons. The first kappa shape index (κ1) is 15.1. The number of hydrogen-bond donors (Lipinski definition) is 3. The number of benzene rings is 1. The first-order chi connectivity index (χ1) is 10.2. The average Bonchev–Trinajstić information content (AvgIpc) is 2.91. The van der Waals surface area contributed by atoms with Crippen molar-refractivity contribution in [1.82, 2.24) is 5.32 Å². The number of carbonyl (C=O) groups is 1. The normalized spacial score (nSPS) is 9.62. The summed E-state index contributed by atoms with van der Waals surface area (Å²) in [4.78, 5) is 12.8. The molecule has 0 saturated heterocycles. The maximum atomic E-state index is 11.8. The van der Waals surface area contributed by atoms with Crippen LogP contribution in [0.1, 0.15) is 16.0 Å². The van der Waals surface area contributed by atoms with Gasteiger partial charge in [0.25, 0.3) is 0 Å². The fourth-order valence-electron chi connectivity index (χ4n) is 1.75. The van der Waals surface area contributed by atoms with Crippen LogP contribution in [-0.2, 0) is 6.54 Å². The van der Waals surface area contributed by atoms with Crippen molar-refractivity contribution in [1.29, 1.82) is 0 Å².